The van der Waals surface area contributed by atoms with Gasteiger partial charge in [-0.15, -0.1) is 0 Å². The topological polar surface area (TPSA) is 24.1 Å². The monoisotopic (exact) mass is 252 g/mol. The van der Waals surface area contributed by atoms with Crippen LogP contribution < -0.4 is 10.6 Å². The Kier molecular flexibility index (Phi) is 4.69. The van der Waals surface area contributed by atoms with Crippen LogP contribution in [0.5, 0.6) is 0 Å². The SMILES string of the molecule is Cc1cc(Cl)ccc1NCCC1CCNCC1. The molecule has 0 radical (unpaired) electrons. The third-order valence-electron chi connectivity index (χ3n) is 3.52. The number of nitrogens with one attached hydrogen (secondary N) is 2. The van der Waals surface area contributed by atoms with Crippen molar-refractivity contribution in [3.05, 3.63) is 28.8 Å². The molecule has 0 unspecified atom stereocenters. The summed E-state index contributed by atoms with van der Waals surface area (Å²) in [6.45, 7) is 5.53. The van der Waals surface area contributed by atoms with Crippen molar-refractivity contribution in [2.75, 3.05) is 25.0 Å². The van der Waals surface area contributed by atoms with Crippen LogP contribution in [-0.2, 0) is 0 Å². The summed E-state index contributed by atoms with van der Waals surface area (Å²) in [5.41, 5.74) is 2.44. The number of benzene rings is 1. The summed E-state index contributed by atoms with van der Waals surface area (Å²) in [5.74, 6) is 0.886. The molecular formula is C14H21ClN2. The predicted molar refractivity (Wildman–Crippen MR) is 74.9 cm³/mol. The molecule has 2 N–H and O–H groups in total. The van der Waals surface area contributed by atoms with Crippen LogP contribution in [0.25, 0.3) is 0 Å². The van der Waals surface area contributed by atoms with E-state index in [1.807, 2.05) is 12.1 Å². The van der Waals surface area contributed by atoms with Crippen LogP contribution in [0.2, 0.25) is 5.02 Å². The molecule has 0 bridgehead atoms. The van der Waals surface area contributed by atoms with Crippen LogP contribution in [0, 0.1) is 12.8 Å². The molecule has 3 heteroatoms. The van der Waals surface area contributed by atoms with Crippen LogP contribution in [-0.4, -0.2) is 19.6 Å². The van der Waals surface area contributed by atoms with Gasteiger partial charge < -0.3 is 10.6 Å². The Labute approximate surface area is 109 Å². The van der Waals surface area contributed by atoms with E-state index in [1.54, 1.807) is 0 Å². The van der Waals surface area contributed by atoms with Gasteiger partial charge in [0.2, 0.25) is 0 Å². The molecule has 94 valence electrons. The predicted octanol–water partition coefficient (Wildman–Crippen LogP) is 3.45. The van der Waals surface area contributed by atoms with E-state index in [0.717, 1.165) is 17.5 Å². The Morgan fingerprint density at radius 1 is 1.35 bits per heavy atom. The van der Waals surface area contributed by atoms with E-state index < -0.39 is 0 Å². The first-order valence-corrected chi connectivity index (χ1v) is 6.84. The lowest BCUT2D eigenvalue weighted by Crippen LogP contribution is -2.28. The highest BCUT2D eigenvalue weighted by Gasteiger charge is 2.12. The summed E-state index contributed by atoms with van der Waals surface area (Å²) in [6, 6.07) is 6.02. The zero-order valence-corrected chi connectivity index (χ0v) is 11.2. The molecule has 0 saturated carbocycles. The van der Waals surface area contributed by atoms with E-state index in [4.69, 9.17) is 11.6 Å². The van der Waals surface area contributed by atoms with Crippen LogP contribution in [0.1, 0.15) is 24.8 Å². The van der Waals surface area contributed by atoms with Gasteiger partial charge in [-0.25, -0.2) is 0 Å². The second-order valence-electron chi connectivity index (χ2n) is 4.87. The normalized spacial score (nSPS) is 17.1. The van der Waals surface area contributed by atoms with Crippen LogP contribution >= 0.6 is 11.6 Å². The summed E-state index contributed by atoms with van der Waals surface area (Å²) >= 11 is 5.94. The van der Waals surface area contributed by atoms with Gasteiger partial charge in [0.1, 0.15) is 0 Å². The second kappa shape index (κ2) is 6.27. The maximum Gasteiger partial charge on any atom is 0.0410 e. The fraction of sp³-hybridized carbons (Fsp3) is 0.571. The zero-order valence-electron chi connectivity index (χ0n) is 10.4. The molecule has 0 amide bonds. The molecule has 1 heterocycles. The third-order valence-corrected chi connectivity index (χ3v) is 3.75. The number of hydrogen-bond donors (Lipinski definition) is 2. The molecule has 2 nitrogen and oxygen atoms in total. The first-order valence-electron chi connectivity index (χ1n) is 6.46. The molecule has 0 atom stereocenters. The van der Waals surface area contributed by atoms with Crippen molar-refractivity contribution >= 4 is 17.3 Å². The summed E-state index contributed by atoms with van der Waals surface area (Å²) in [5, 5.41) is 7.72. The average molecular weight is 253 g/mol. The Balaban J connectivity index is 1.77. The number of rotatable bonds is 4. The van der Waals surface area contributed by atoms with Gasteiger partial charge in [0.15, 0.2) is 0 Å². The molecule has 0 aromatic heterocycles. The minimum absolute atomic E-state index is 0.811. The fourth-order valence-corrected chi connectivity index (χ4v) is 2.63. The number of piperidine rings is 1. The molecule has 1 saturated heterocycles. The Morgan fingerprint density at radius 3 is 2.82 bits per heavy atom. The molecule has 1 aromatic carbocycles. The lowest BCUT2D eigenvalue weighted by atomic mass is 9.95. The van der Waals surface area contributed by atoms with Crippen LogP contribution in [0.4, 0.5) is 5.69 Å². The van der Waals surface area contributed by atoms with E-state index in [2.05, 4.69) is 23.6 Å². The lowest BCUT2D eigenvalue weighted by molar-refractivity contribution is 0.361. The maximum atomic E-state index is 5.94. The van der Waals surface area contributed by atoms with Crippen molar-refractivity contribution in [3.63, 3.8) is 0 Å². The Hall–Kier alpha value is -0.730. The summed E-state index contributed by atoms with van der Waals surface area (Å²) in [6.07, 6.45) is 3.91. The second-order valence-corrected chi connectivity index (χ2v) is 5.30. The third kappa shape index (κ3) is 3.90. The van der Waals surface area contributed by atoms with Crippen molar-refractivity contribution in [1.29, 1.82) is 0 Å². The van der Waals surface area contributed by atoms with E-state index in [9.17, 15) is 0 Å². The minimum atomic E-state index is 0.811. The van der Waals surface area contributed by atoms with Gasteiger partial charge in [-0.05, 0) is 69.0 Å². The van der Waals surface area contributed by atoms with Gasteiger partial charge in [0.05, 0.1) is 0 Å². The first-order chi connectivity index (χ1) is 8.25. The highest BCUT2D eigenvalue weighted by molar-refractivity contribution is 6.30. The van der Waals surface area contributed by atoms with Crippen molar-refractivity contribution in [1.82, 2.24) is 5.32 Å². The van der Waals surface area contributed by atoms with Crippen molar-refractivity contribution in [2.45, 2.75) is 26.2 Å². The van der Waals surface area contributed by atoms with Gasteiger partial charge >= 0.3 is 0 Å². The van der Waals surface area contributed by atoms with E-state index in [0.29, 0.717) is 0 Å². The highest BCUT2D eigenvalue weighted by atomic mass is 35.5. The lowest BCUT2D eigenvalue weighted by Gasteiger charge is -2.22. The van der Waals surface area contributed by atoms with Gasteiger partial charge in [0, 0.05) is 17.3 Å². The van der Waals surface area contributed by atoms with Crippen molar-refractivity contribution in [2.24, 2.45) is 5.92 Å². The quantitative estimate of drug-likeness (QED) is 0.858. The van der Waals surface area contributed by atoms with Gasteiger partial charge in [-0.2, -0.15) is 0 Å². The minimum Gasteiger partial charge on any atom is -0.385 e. The molecule has 1 aliphatic rings. The zero-order chi connectivity index (χ0) is 12.1. The highest BCUT2D eigenvalue weighted by Crippen LogP contribution is 2.21. The number of halogens is 1. The number of hydrogen-bond acceptors (Lipinski definition) is 2. The molecular weight excluding hydrogens is 232 g/mol. The smallest absolute Gasteiger partial charge is 0.0410 e. The molecule has 1 aromatic rings. The molecule has 1 fully saturated rings. The molecule has 0 aliphatic carbocycles. The largest absolute Gasteiger partial charge is 0.385 e. The Bertz CT molecular complexity index is 359. The summed E-state index contributed by atoms with van der Waals surface area (Å²) in [4.78, 5) is 0. The molecule has 17 heavy (non-hydrogen) atoms. The van der Waals surface area contributed by atoms with Crippen LogP contribution in [0.15, 0.2) is 18.2 Å². The first kappa shape index (κ1) is 12.7. The maximum absolute atomic E-state index is 5.94. The van der Waals surface area contributed by atoms with Crippen molar-refractivity contribution < 1.29 is 0 Å². The molecule has 1 aliphatic heterocycles. The van der Waals surface area contributed by atoms with Gasteiger partial charge in [-0.1, -0.05) is 11.6 Å². The van der Waals surface area contributed by atoms with E-state index >= 15 is 0 Å². The molecule has 2 rings (SSSR count). The summed E-state index contributed by atoms with van der Waals surface area (Å²) < 4.78 is 0. The van der Waals surface area contributed by atoms with Crippen molar-refractivity contribution in [3.8, 4) is 0 Å². The number of anilines is 1. The van der Waals surface area contributed by atoms with Crippen LogP contribution in [0.3, 0.4) is 0 Å². The van der Waals surface area contributed by atoms with Gasteiger partial charge in [0.25, 0.3) is 0 Å². The van der Waals surface area contributed by atoms with E-state index in [-0.39, 0.29) is 0 Å². The van der Waals surface area contributed by atoms with E-state index in [1.165, 1.54) is 43.6 Å². The fourth-order valence-electron chi connectivity index (χ4n) is 2.41. The summed E-state index contributed by atoms with van der Waals surface area (Å²) in [7, 11) is 0. The molecule has 0 spiro atoms. The van der Waals surface area contributed by atoms with Gasteiger partial charge in [-0.3, -0.25) is 0 Å². The number of aryl methyl sites for hydroxylation is 1. The standard InChI is InChI=1S/C14H21ClN2/c1-11-10-13(15)2-3-14(11)17-9-6-12-4-7-16-8-5-12/h2-3,10,12,16-17H,4-9H2,1H3. The Morgan fingerprint density at radius 2 is 2.12 bits per heavy atom. The average Bonchev–Trinajstić information content (AvgIpc) is 2.33.